The molecule has 2 aromatic carbocycles. The van der Waals surface area contributed by atoms with Crippen molar-refractivity contribution in [2.75, 3.05) is 30.6 Å². The number of nitrogens with zero attached hydrogens (tertiary/aromatic N) is 3. The number of methoxy groups -OCH3 is 1. The summed E-state index contributed by atoms with van der Waals surface area (Å²) in [6.45, 7) is 2.71. The summed E-state index contributed by atoms with van der Waals surface area (Å²) < 4.78 is 12.2. The summed E-state index contributed by atoms with van der Waals surface area (Å²) in [5, 5.41) is 2.81. The number of hydrogen-bond donors (Lipinski definition) is 1. The first-order chi connectivity index (χ1) is 16.0. The number of ether oxygens (including phenoxy) is 2. The number of benzene rings is 2. The molecule has 0 aliphatic carbocycles. The van der Waals surface area contributed by atoms with Crippen LogP contribution in [-0.2, 0) is 16.2 Å². The Hall–Kier alpha value is -3.92. The molecule has 2 aliphatic rings. The number of hydrogen-bond acceptors (Lipinski definition) is 8. The third-order valence-corrected chi connectivity index (χ3v) is 6.61. The zero-order valence-corrected chi connectivity index (χ0v) is 18.8. The van der Waals surface area contributed by atoms with Gasteiger partial charge in [-0.25, -0.2) is 9.79 Å². The van der Waals surface area contributed by atoms with Gasteiger partial charge in [0.1, 0.15) is 23.6 Å². The van der Waals surface area contributed by atoms with Crippen molar-refractivity contribution in [1.29, 1.82) is 0 Å². The van der Waals surface area contributed by atoms with Crippen molar-refractivity contribution in [2.24, 2.45) is 4.99 Å². The van der Waals surface area contributed by atoms with Crippen LogP contribution >= 0.6 is 11.3 Å². The Morgan fingerprint density at radius 3 is 2.70 bits per heavy atom. The van der Waals surface area contributed by atoms with E-state index in [4.69, 9.17) is 9.47 Å². The zero-order valence-electron chi connectivity index (χ0n) is 18.0. The minimum atomic E-state index is -0.378. The van der Waals surface area contributed by atoms with Crippen LogP contribution in [0.25, 0.3) is 5.57 Å². The number of carbonyl (C=O) groups excluding carboxylic acids is 2. The van der Waals surface area contributed by atoms with E-state index >= 15 is 0 Å². The maximum atomic E-state index is 13.3. The van der Waals surface area contributed by atoms with Crippen LogP contribution in [0.2, 0.25) is 0 Å². The highest BCUT2D eigenvalue weighted by Gasteiger charge is 2.28. The molecule has 0 atom stereocenters. The summed E-state index contributed by atoms with van der Waals surface area (Å²) in [6.07, 6.45) is 0. The molecule has 1 amide bonds. The monoisotopic (exact) mass is 464 g/mol. The summed E-state index contributed by atoms with van der Waals surface area (Å²) in [7, 11) is 1.55. The molecule has 1 aromatic heterocycles. The number of esters is 1. The molecule has 0 bridgehead atoms. The van der Waals surface area contributed by atoms with E-state index in [1.165, 1.54) is 11.3 Å². The average Bonchev–Trinajstić information content (AvgIpc) is 3.33. The van der Waals surface area contributed by atoms with Crippen molar-refractivity contribution < 1.29 is 19.1 Å². The number of anilines is 2. The van der Waals surface area contributed by atoms with Gasteiger partial charge in [0, 0.05) is 16.9 Å². The number of amides is 1. The maximum absolute atomic E-state index is 13.3. The number of fused-ring (bicyclic) bond motifs is 2. The summed E-state index contributed by atoms with van der Waals surface area (Å²) in [6, 6.07) is 12.2. The lowest BCUT2D eigenvalue weighted by molar-refractivity contribution is -0.110. The van der Waals surface area contributed by atoms with Gasteiger partial charge in [0.2, 0.25) is 0 Å². The topological polar surface area (TPSA) is 102 Å². The van der Waals surface area contributed by atoms with E-state index < -0.39 is 0 Å². The molecule has 2 aliphatic heterocycles. The lowest BCUT2D eigenvalue weighted by Gasteiger charge is -2.25. The van der Waals surface area contributed by atoms with Crippen LogP contribution in [0.15, 0.2) is 52.3 Å². The van der Waals surface area contributed by atoms with Crippen molar-refractivity contribution in [3.63, 3.8) is 0 Å². The van der Waals surface area contributed by atoms with E-state index in [1.807, 2.05) is 4.90 Å². The van der Waals surface area contributed by atoms with E-state index in [-0.39, 0.29) is 24.1 Å². The van der Waals surface area contributed by atoms with Gasteiger partial charge in [-0.05, 0) is 49.4 Å². The van der Waals surface area contributed by atoms with Crippen LogP contribution in [-0.4, -0.2) is 36.8 Å². The Labute approximate surface area is 192 Å². The Kier molecular flexibility index (Phi) is 5.21. The molecule has 3 aromatic rings. The van der Waals surface area contributed by atoms with Crippen LogP contribution in [0, 0.1) is 0 Å². The Balaban J connectivity index is 1.51. The zero-order chi connectivity index (χ0) is 23.1. The highest BCUT2D eigenvalue weighted by atomic mass is 32.1. The molecule has 0 unspecified atom stereocenters. The van der Waals surface area contributed by atoms with Crippen molar-refractivity contribution in [1.82, 2.24) is 4.57 Å². The maximum Gasteiger partial charge on any atom is 0.338 e. The molecular weight excluding hydrogens is 444 g/mol. The van der Waals surface area contributed by atoms with Crippen LogP contribution in [0.5, 0.6) is 5.75 Å². The second kappa shape index (κ2) is 8.21. The fraction of sp³-hybridized carbons (Fsp3) is 0.217. The van der Waals surface area contributed by atoms with E-state index in [0.29, 0.717) is 50.7 Å². The van der Waals surface area contributed by atoms with Gasteiger partial charge in [-0.15, -0.1) is 0 Å². The van der Waals surface area contributed by atoms with Gasteiger partial charge in [-0.3, -0.25) is 14.2 Å². The molecule has 0 radical (unpaired) electrons. The standard InChI is InChI=1S/C23H20N4O5S/c1-3-32-22(30)13-4-6-14(7-5-13)26-11-24-23-27(12-26)21(29)19(33-23)18-16-10-15(31-2)8-9-17(16)25-20(18)28/h4-10H,3,11-12H2,1-2H3,(H,25,28). The summed E-state index contributed by atoms with van der Waals surface area (Å²) in [5.74, 6) is -0.0931. The molecule has 33 heavy (non-hydrogen) atoms. The van der Waals surface area contributed by atoms with Gasteiger partial charge >= 0.3 is 5.97 Å². The molecule has 10 heteroatoms. The fourth-order valence-corrected chi connectivity index (χ4v) is 4.90. The van der Waals surface area contributed by atoms with Gasteiger partial charge in [-0.2, -0.15) is 0 Å². The fourth-order valence-electron chi connectivity index (χ4n) is 3.85. The summed E-state index contributed by atoms with van der Waals surface area (Å²) >= 11 is 1.21. The predicted molar refractivity (Wildman–Crippen MR) is 123 cm³/mol. The molecule has 5 rings (SSSR count). The van der Waals surface area contributed by atoms with Gasteiger partial charge in [0.15, 0.2) is 4.80 Å². The third-order valence-electron chi connectivity index (χ3n) is 5.49. The van der Waals surface area contributed by atoms with Crippen LogP contribution in [0.4, 0.5) is 11.4 Å². The second-order valence-corrected chi connectivity index (χ2v) is 8.41. The minimum absolute atomic E-state index is 0.271. The number of thiazole rings is 1. The van der Waals surface area contributed by atoms with E-state index in [9.17, 15) is 14.4 Å². The lowest BCUT2D eigenvalue weighted by atomic mass is 10.1. The van der Waals surface area contributed by atoms with Gasteiger partial charge in [-0.1, -0.05) is 11.3 Å². The highest BCUT2D eigenvalue weighted by Crippen LogP contribution is 2.33. The van der Waals surface area contributed by atoms with Crippen molar-refractivity contribution in [3.8, 4) is 5.75 Å². The molecule has 0 spiro atoms. The van der Waals surface area contributed by atoms with Crippen molar-refractivity contribution in [2.45, 2.75) is 13.6 Å². The molecule has 1 N–H and O–H groups in total. The number of aromatic nitrogens is 1. The van der Waals surface area contributed by atoms with Crippen LogP contribution in [0.1, 0.15) is 22.8 Å². The Bertz CT molecular complexity index is 1460. The van der Waals surface area contributed by atoms with Gasteiger partial charge < -0.3 is 19.7 Å². The van der Waals surface area contributed by atoms with Crippen molar-refractivity contribution in [3.05, 3.63) is 73.3 Å². The first kappa shape index (κ1) is 21.0. The highest BCUT2D eigenvalue weighted by molar-refractivity contribution is 7.07. The normalized spacial score (nSPS) is 15.9. The largest absolute Gasteiger partial charge is 0.497 e. The summed E-state index contributed by atoms with van der Waals surface area (Å²) in [5.41, 5.74) is 2.63. The average molecular weight is 465 g/mol. The second-order valence-electron chi connectivity index (χ2n) is 7.44. The molecule has 0 saturated heterocycles. The molecule has 0 fully saturated rings. The lowest BCUT2D eigenvalue weighted by Crippen LogP contribution is -2.43. The SMILES string of the molecule is CCOC(=O)c1ccc(N2CN=c3sc(=C4C(=O)Nc5ccc(OC)cc54)c(=O)n3C2)cc1. The molecule has 9 nitrogen and oxygen atoms in total. The van der Waals surface area contributed by atoms with E-state index in [1.54, 1.807) is 61.1 Å². The van der Waals surface area contributed by atoms with Crippen LogP contribution in [0.3, 0.4) is 0 Å². The smallest absolute Gasteiger partial charge is 0.338 e. The first-order valence-corrected chi connectivity index (χ1v) is 11.1. The number of carbonyl (C=O) groups is 2. The minimum Gasteiger partial charge on any atom is -0.497 e. The van der Waals surface area contributed by atoms with E-state index in [0.717, 1.165) is 5.69 Å². The molecular formula is C23H20N4O5S. The van der Waals surface area contributed by atoms with Crippen molar-refractivity contribution >= 4 is 40.2 Å². The van der Waals surface area contributed by atoms with E-state index in [2.05, 4.69) is 10.3 Å². The number of rotatable bonds is 4. The van der Waals surface area contributed by atoms with Gasteiger partial charge in [0.05, 0.1) is 24.9 Å². The van der Waals surface area contributed by atoms with Gasteiger partial charge in [0.25, 0.3) is 11.5 Å². The predicted octanol–water partition coefficient (Wildman–Crippen LogP) is 1.30. The van der Waals surface area contributed by atoms with Crippen LogP contribution < -0.4 is 29.8 Å². The number of nitrogens with one attached hydrogen (secondary N) is 1. The molecule has 0 saturated carbocycles. The Morgan fingerprint density at radius 1 is 1.18 bits per heavy atom. The molecule has 3 heterocycles. The third kappa shape index (κ3) is 3.58. The molecule has 168 valence electrons. The summed E-state index contributed by atoms with van der Waals surface area (Å²) in [4.78, 5) is 44.9. The quantitative estimate of drug-likeness (QED) is 0.584. The first-order valence-electron chi connectivity index (χ1n) is 10.3. The Morgan fingerprint density at radius 2 is 1.97 bits per heavy atom.